The number of rotatable bonds is 7. The highest BCUT2D eigenvalue weighted by Gasteiger charge is 2.43. The highest BCUT2D eigenvalue weighted by Crippen LogP contribution is 2.44. The molecule has 0 radical (unpaired) electrons. The van der Waals surface area contributed by atoms with Crippen LogP contribution in [0.15, 0.2) is 78.1 Å². The number of carbonyl (C=O) groups is 2. The van der Waals surface area contributed by atoms with Gasteiger partial charge in [0.1, 0.15) is 11.7 Å². The van der Waals surface area contributed by atoms with Gasteiger partial charge in [-0.05, 0) is 43.0 Å². The van der Waals surface area contributed by atoms with Crippen LogP contribution < -0.4 is 10.1 Å². The molecule has 166 valence electrons. The maximum absolute atomic E-state index is 13.3. The molecule has 1 aliphatic heterocycles. The SMILES string of the molecule is C=C1NC2=C(C(=O)CCC2)C(c2ccc(OCC)cc2)C1C(=O)OCCc1ccccc1. The molecule has 1 aliphatic carbocycles. The number of ketones is 1. The highest BCUT2D eigenvalue weighted by atomic mass is 16.5. The number of hydrogen-bond donors (Lipinski definition) is 1. The van der Waals surface area contributed by atoms with Gasteiger partial charge >= 0.3 is 5.97 Å². The molecule has 0 amide bonds. The topological polar surface area (TPSA) is 64.6 Å². The van der Waals surface area contributed by atoms with Crippen LogP contribution in [0, 0.1) is 5.92 Å². The molecule has 2 aliphatic rings. The quantitative estimate of drug-likeness (QED) is 0.644. The van der Waals surface area contributed by atoms with Gasteiger partial charge in [0.2, 0.25) is 0 Å². The Bertz CT molecular complexity index is 1020. The molecule has 0 aromatic heterocycles. The van der Waals surface area contributed by atoms with Gasteiger partial charge in [-0.15, -0.1) is 0 Å². The minimum atomic E-state index is -0.662. The first-order valence-electron chi connectivity index (χ1n) is 11.2. The largest absolute Gasteiger partial charge is 0.494 e. The van der Waals surface area contributed by atoms with Crippen molar-refractivity contribution in [3.8, 4) is 5.75 Å². The van der Waals surface area contributed by atoms with Crippen molar-refractivity contribution in [1.82, 2.24) is 5.32 Å². The van der Waals surface area contributed by atoms with Crippen LogP contribution in [0.1, 0.15) is 43.2 Å². The fourth-order valence-electron chi connectivity index (χ4n) is 4.57. The predicted molar refractivity (Wildman–Crippen MR) is 123 cm³/mol. The third kappa shape index (κ3) is 4.62. The molecular weight excluding hydrogens is 402 g/mol. The van der Waals surface area contributed by atoms with E-state index in [2.05, 4.69) is 11.9 Å². The van der Waals surface area contributed by atoms with Gasteiger partial charge < -0.3 is 14.8 Å². The second-order valence-electron chi connectivity index (χ2n) is 8.18. The van der Waals surface area contributed by atoms with E-state index in [-0.39, 0.29) is 18.4 Å². The zero-order chi connectivity index (χ0) is 22.5. The average Bonchev–Trinajstić information content (AvgIpc) is 2.80. The molecule has 0 saturated heterocycles. The van der Waals surface area contributed by atoms with Crippen LogP contribution in [0.3, 0.4) is 0 Å². The van der Waals surface area contributed by atoms with Crippen molar-refractivity contribution in [3.05, 3.63) is 89.3 Å². The Labute approximate surface area is 189 Å². The number of allylic oxidation sites excluding steroid dienone is 2. The molecular formula is C27H29NO4. The lowest BCUT2D eigenvalue weighted by Gasteiger charge is -2.38. The Hall–Kier alpha value is -3.34. The summed E-state index contributed by atoms with van der Waals surface area (Å²) in [5, 5.41) is 3.26. The Kier molecular flexibility index (Phi) is 6.74. The molecule has 1 heterocycles. The van der Waals surface area contributed by atoms with E-state index in [4.69, 9.17) is 9.47 Å². The maximum atomic E-state index is 13.3. The summed E-state index contributed by atoms with van der Waals surface area (Å²) in [7, 11) is 0. The molecule has 32 heavy (non-hydrogen) atoms. The summed E-state index contributed by atoms with van der Waals surface area (Å²) in [4.78, 5) is 26.2. The first-order valence-corrected chi connectivity index (χ1v) is 11.2. The van der Waals surface area contributed by atoms with E-state index in [0.29, 0.717) is 30.7 Å². The Balaban J connectivity index is 1.61. The van der Waals surface area contributed by atoms with Crippen LogP contribution in [0.5, 0.6) is 5.75 Å². The van der Waals surface area contributed by atoms with Crippen molar-refractivity contribution in [2.45, 2.75) is 38.5 Å². The van der Waals surface area contributed by atoms with Crippen molar-refractivity contribution in [2.24, 2.45) is 5.92 Å². The second-order valence-corrected chi connectivity index (χ2v) is 8.18. The zero-order valence-electron chi connectivity index (χ0n) is 18.4. The van der Waals surface area contributed by atoms with Gasteiger partial charge in [0.25, 0.3) is 0 Å². The Morgan fingerprint density at radius 2 is 1.84 bits per heavy atom. The monoisotopic (exact) mass is 431 g/mol. The number of esters is 1. The van der Waals surface area contributed by atoms with E-state index < -0.39 is 11.8 Å². The molecule has 2 aromatic rings. The summed E-state index contributed by atoms with van der Waals surface area (Å²) in [6.07, 6.45) is 2.72. The first-order chi connectivity index (χ1) is 15.6. The molecule has 5 heteroatoms. The van der Waals surface area contributed by atoms with E-state index in [1.165, 1.54) is 0 Å². The standard InChI is InChI=1S/C27H29NO4/c1-3-31-21-14-12-20(13-15-21)25-24(18(2)28-22-10-7-11-23(29)26(22)25)27(30)32-17-16-19-8-5-4-6-9-19/h4-6,8-9,12-15,24-25,28H,2-3,7,10-11,16-17H2,1H3. The van der Waals surface area contributed by atoms with Gasteiger partial charge in [0.05, 0.1) is 13.2 Å². The minimum absolute atomic E-state index is 0.0900. The van der Waals surface area contributed by atoms with E-state index in [0.717, 1.165) is 35.4 Å². The molecule has 0 saturated carbocycles. The molecule has 2 aromatic carbocycles. The first kappa shape index (κ1) is 21.9. The van der Waals surface area contributed by atoms with Crippen LogP contribution in [0.4, 0.5) is 0 Å². The summed E-state index contributed by atoms with van der Waals surface area (Å²) in [5.74, 6) is -0.583. The summed E-state index contributed by atoms with van der Waals surface area (Å²) >= 11 is 0. The van der Waals surface area contributed by atoms with Crippen molar-refractivity contribution in [1.29, 1.82) is 0 Å². The lowest BCUT2D eigenvalue weighted by molar-refractivity contribution is -0.147. The number of nitrogens with one attached hydrogen (secondary N) is 1. The molecule has 2 unspecified atom stereocenters. The summed E-state index contributed by atoms with van der Waals surface area (Å²) in [6, 6.07) is 17.6. The minimum Gasteiger partial charge on any atom is -0.494 e. The van der Waals surface area contributed by atoms with Crippen molar-refractivity contribution >= 4 is 11.8 Å². The Morgan fingerprint density at radius 3 is 2.56 bits per heavy atom. The summed E-state index contributed by atoms with van der Waals surface area (Å²) in [6.45, 7) is 6.93. The maximum Gasteiger partial charge on any atom is 0.315 e. The van der Waals surface area contributed by atoms with E-state index in [9.17, 15) is 9.59 Å². The zero-order valence-corrected chi connectivity index (χ0v) is 18.4. The predicted octanol–water partition coefficient (Wildman–Crippen LogP) is 4.70. The number of Topliss-reactive ketones (excluding diaryl/α,β-unsaturated/α-hetero) is 1. The van der Waals surface area contributed by atoms with E-state index >= 15 is 0 Å². The lowest BCUT2D eigenvalue weighted by Crippen LogP contribution is -2.41. The molecule has 1 N–H and O–H groups in total. The fraction of sp³-hybridized carbons (Fsp3) is 0.333. The van der Waals surface area contributed by atoms with E-state index in [1.807, 2.05) is 61.5 Å². The smallest absolute Gasteiger partial charge is 0.315 e. The van der Waals surface area contributed by atoms with Gasteiger partial charge in [-0.2, -0.15) is 0 Å². The molecule has 2 atom stereocenters. The summed E-state index contributed by atoms with van der Waals surface area (Å²) in [5.41, 5.74) is 4.17. The van der Waals surface area contributed by atoms with Gasteiger partial charge in [-0.25, -0.2) is 0 Å². The lowest BCUT2D eigenvalue weighted by atomic mass is 9.71. The molecule has 5 nitrogen and oxygen atoms in total. The van der Waals surface area contributed by atoms with Gasteiger partial charge in [-0.1, -0.05) is 49.0 Å². The number of hydrogen-bond acceptors (Lipinski definition) is 5. The third-order valence-corrected chi connectivity index (χ3v) is 6.07. The van der Waals surface area contributed by atoms with Crippen molar-refractivity contribution in [2.75, 3.05) is 13.2 Å². The summed E-state index contributed by atoms with van der Waals surface area (Å²) < 4.78 is 11.3. The number of carbonyl (C=O) groups excluding carboxylic acids is 2. The Morgan fingerprint density at radius 1 is 1.09 bits per heavy atom. The molecule has 0 fully saturated rings. The van der Waals surface area contributed by atoms with Gasteiger partial charge in [-0.3, -0.25) is 9.59 Å². The highest BCUT2D eigenvalue weighted by molar-refractivity contribution is 6.00. The second kappa shape index (κ2) is 9.86. The van der Waals surface area contributed by atoms with Gasteiger partial charge in [0, 0.05) is 35.7 Å². The molecule has 4 rings (SSSR count). The molecule has 0 spiro atoms. The van der Waals surface area contributed by atoms with Crippen LogP contribution in [0.25, 0.3) is 0 Å². The van der Waals surface area contributed by atoms with Crippen LogP contribution in [0.2, 0.25) is 0 Å². The third-order valence-electron chi connectivity index (χ3n) is 6.07. The fourth-order valence-corrected chi connectivity index (χ4v) is 4.57. The number of ether oxygens (including phenoxy) is 2. The van der Waals surface area contributed by atoms with Crippen LogP contribution in [-0.4, -0.2) is 25.0 Å². The molecule has 0 bridgehead atoms. The number of benzene rings is 2. The van der Waals surface area contributed by atoms with Crippen molar-refractivity contribution in [3.63, 3.8) is 0 Å². The van der Waals surface area contributed by atoms with Crippen molar-refractivity contribution < 1.29 is 19.1 Å². The normalized spacial score (nSPS) is 20.4. The average molecular weight is 432 g/mol. The van der Waals surface area contributed by atoms with Crippen LogP contribution in [-0.2, 0) is 20.7 Å². The van der Waals surface area contributed by atoms with Crippen LogP contribution >= 0.6 is 0 Å². The van der Waals surface area contributed by atoms with Gasteiger partial charge in [0.15, 0.2) is 5.78 Å². The van der Waals surface area contributed by atoms with E-state index in [1.54, 1.807) is 0 Å².